The van der Waals surface area contributed by atoms with E-state index in [0.717, 1.165) is 12.2 Å². The molecule has 0 bridgehead atoms. The number of likely N-dealkylation sites (N-methyl/N-ethyl adjacent to an activating group) is 1. The molecule has 0 unspecified atom stereocenters. The summed E-state index contributed by atoms with van der Waals surface area (Å²) in [5.74, 6) is 0.941. The molecule has 3 nitrogen and oxygen atoms in total. The number of benzene rings is 1. The van der Waals surface area contributed by atoms with Crippen molar-refractivity contribution >= 4 is 0 Å². The molecule has 0 saturated carbocycles. The van der Waals surface area contributed by atoms with Crippen molar-refractivity contribution < 1.29 is 4.74 Å². The van der Waals surface area contributed by atoms with Gasteiger partial charge in [-0.3, -0.25) is 4.90 Å². The molecule has 1 fully saturated rings. The van der Waals surface area contributed by atoms with Crippen molar-refractivity contribution in [3.8, 4) is 5.75 Å². The van der Waals surface area contributed by atoms with Crippen molar-refractivity contribution in [3.05, 3.63) is 29.8 Å². The second-order valence-electron chi connectivity index (χ2n) is 5.58. The maximum absolute atomic E-state index is 5.19. The van der Waals surface area contributed by atoms with Gasteiger partial charge in [0.2, 0.25) is 0 Å². The first-order chi connectivity index (χ1) is 9.19. The van der Waals surface area contributed by atoms with Crippen molar-refractivity contribution in [1.29, 1.82) is 0 Å². The van der Waals surface area contributed by atoms with Gasteiger partial charge in [0.05, 0.1) is 7.11 Å². The quantitative estimate of drug-likeness (QED) is 0.809. The van der Waals surface area contributed by atoms with E-state index in [-0.39, 0.29) is 0 Å². The minimum atomic E-state index is 0.677. The van der Waals surface area contributed by atoms with Gasteiger partial charge in [0.25, 0.3) is 0 Å². The molecule has 1 aromatic carbocycles. The smallest absolute Gasteiger partial charge is 0.118 e. The Kier molecular flexibility index (Phi) is 5.23. The zero-order chi connectivity index (χ0) is 13.7. The number of hydrogen-bond donors (Lipinski definition) is 0. The summed E-state index contributed by atoms with van der Waals surface area (Å²) in [6.45, 7) is 7.18. The maximum Gasteiger partial charge on any atom is 0.118 e. The highest BCUT2D eigenvalue weighted by Gasteiger charge is 2.18. The van der Waals surface area contributed by atoms with Gasteiger partial charge >= 0.3 is 0 Å². The highest BCUT2D eigenvalue weighted by atomic mass is 16.5. The molecule has 3 heteroatoms. The van der Waals surface area contributed by atoms with Gasteiger partial charge in [-0.1, -0.05) is 12.1 Å². The van der Waals surface area contributed by atoms with Crippen LogP contribution in [0.2, 0.25) is 0 Å². The van der Waals surface area contributed by atoms with E-state index in [0.29, 0.717) is 6.04 Å². The average Bonchev–Trinajstić information content (AvgIpc) is 2.46. The molecule has 0 N–H and O–H groups in total. The Morgan fingerprint density at radius 1 is 1.11 bits per heavy atom. The van der Waals surface area contributed by atoms with Crippen LogP contribution in [0.15, 0.2) is 24.3 Å². The predicted octanol–water partition coefficient (Wildman–Crippen LogP) is 2.26. The third kappa shape index (κ3) is 4.22. The molecular formula is C16H26N2O. The Morgan fingerprint density at radius 2 is 1.74 bits per heavy atom. The van der Waals surface area contributed by atoms with Crippen molar-refractivity contribution in [3.63, 3.8) is 0 Å². The lowest BCUT2D eigenvalue weighted by atomic mass is 10.0. The molecule has 0 aromatic heterocycles. The van der Waals surface area contributed by atoms with Gasteiger partial charge in [0.15, 0.2) is 0 Å². The lowest BCUT2D eigenvalue weighted by Gasteiger charge is -2.36. The van der Waals surface area contributed by atoms with Crippen LogP contribution in [0, 0.1) is 0 Å². The van der Waals surface area contributed by atoms with Gasteiger partial charge in [0, 0.05) is 32.2 Å². The van der Waals surface area contributed by atoms with Crippen LogP contribution in [0.5, 0.6) is 5.75 Å². The van der Waals surface area contributed by atoms with Crippen LogP contribution in [0.3, 0.4) is 0 Å². The summed E-state index contributed by atoms with van der Waals surface area (Å²) in [5.41, 5.74) is 1.40. The molecule has 0 radical (unpaired) electrons. The highest BCUT2D eigenvalue weighted by Crippen LogP contribution is 2.15. The topological polar surface area (TPSA) is 15.7 Å². The number of hydrogen-bond acceptors (Lipinski definition) is 3. The Morgan fingerprint density at radius 3 is 2.32 bits per heavy atom. The molecule has 0 aliphatic carbocycles. The van der Waals surface area contributed by atoms with Crippen LogP contribution >= 0.6 is 0 Å². The molecule has 1 aliphatic heterocycles. The Labute approximate surface area is 117 Å². The number of ether oxygens (including phenoxy) is 1. The van der Waals surface area contributed by atoms with E-state index in [1.165, 1.54) is 38.2 Å². The zero-order valence-electron chi connectivity index (χ0n) is 12.4. The standard InChI is InChI=1S/C16H26N2O/c1-14(18-12-10-17(2)11-13-18)4-5-15-6-8-16(19-3)9-7-15/h6-9,14H,4-5,10-13H2,1-3H3/t14-/m0/s1. The third-order valence-electron chi connectivity index (χ3n) is 4.17. The molecule has 19 heavy (non-hydrogen) atoms. The first kappa shape index (κ1) is 14.4. The van der Waals surface area contributed by atoms with Crippen molar-refractivity contribution in [2.75, 3.05) is 40.3 Å². The molecule has 0 amide bonds. The van der Waals surface area contributed by atoms with Gasteiger partial charge in [-0.25, -0.2) is 0 Å². The van der Waals surface area contributed by atoms with E-state index in [2.05, 4.69) is 48.0 Å². The summed E-state index contributed by atoms with van der Waals surface area (Å²) >= 11 is 0. The Balaban J connectivity index is 1.77. The largest absolute Gasteiger partial charge is 0.497 e. The number of aryl methyl sites for hydroxylation is 1. The van der Waals surface area contributed by atoms with Crippen LogP contribution in [-0.4, -0.2) is 56.2 Å². The fourth-order valence-electron chi connectivity index (χ4n) is 2.61. The van der Waals surface area contributed by atoms with Gasteiger partial charge < -0.3 is 9.64 Å². The van der Waals surface area contributed by atoms with E-state index < -0.39 is 0 Å². The molecule has 1 heterocycles. The summed E-state index contributed by atoms with van der Waals surface area (Å²) < 4.78 is 5.19. The van der Waals surface area contributed by atoms with Crippen molar-refractivity contribution in [2.24, 2.45) is 0 Å². The normalized spacial score (nSPS) is 19.3. The van der Waals surface area contributed by atoms with E-state index in [9.17, 15) is 0 Å². The summed E-state index contributed by atoms with van der Waals surface area (Å²) in [6.07, 6.45) is 2.38. The second-order valence-corrected chi connectivity index (χ2v) is 5.58. The number of rotatable bonds is 5. The number of methoxy groups -OCH3 is 1. The first-order valence-corrected chi connectivity index (χ1v) is 7.24. The molecule has 1 aliphatic rings. The second kappa shape index (κ2) is 6.92. The Bertz CT molecular complexity index is 369. The summed E-state index contributed by atoms with van der Waals surface area (Å²) in [5, 5.41) is 0. The van der Waals surface area contributed by atoms with Crippen molar-refractivity contribution in [2.45, 2.75) is 25.8 Å². The fraction of sp³-hybridized carbons (Fsp3) is 0.625. The number of nitrogens with zero attached hydrogens (tertiary/aromatic N) is 2. The number of piperazine rings is 1. The van der Waals surface area contributed by atoms with Gasteiger partial charge in [0.1, 0.15) is 5.75 Å². The monoisotopic (exact) mass is 262 g/mol. The summed E-state index contributed by atoms with van der Waals surface area (Å²) in [6, 6.07) is 9.13. The SMILES string of the molecule is COc1ccc(CC[C@H](C)N2CCN(C)CC2)cc1. The van der Waals surface area contributed by atoms with Crippen LogP contribution in [0.4, 0.5) is 0 Å². The minimum absolute atomic E-state index is 0.677. The van der Waals surface area contributed by atoms with Crippen LogP contribution in [0.1, 0.15) is 18.9 Å². The third-order valence-corrected chi connectivity index (χ3v) is 4.17. The minimum Gasteiger partial charge on any atom is -0.497 e. The fourth-order valence-corrected chi connectivity index (χ4v) is 2.61. The molecule has 1 atom stereocenters. The molecule has 0 spiro atoms. The van der Waals surface area contributed by atoms with E-state index in [1.807, 2.05) is 0 Å². The zero-order valence-corrected chi connectivity index (χ0v) is 12.4. The molecular weight excluding hydrogens is 236 g/mol. The van der Waals surface area contributed by atoms with Gasteiger partial charge in [-0.15, -0.1) is 0 Å². The molecule has 2 rings (SSSR count). The highest BCUT2D eigenvalue weighted by molar-refractivity contribution is 5.27. The summed E-state index contributed by atoms with van der Waals surface area (Å²) in [7, 11) is 3.92. The van der Waals surface area contributed by atoms with Crippen LogP contribution in [-0.2, 0) is 6.42 Å². The predicted molar refractivity (Wildman–Crippen MR) is 79.8 cm³/mol. The summed E-state index contributed by atoms with van der Waals surface area (Å²) in [4.78, 5) is 5.02. The van der Waals surface area contributed by atoms with Crippen molar-refractivity contribution in [1.82, 2.24) is 9.80 Å². The lowest BCUT2D eigenvalue weighted by molar-refractivity contribution is 0.115. The van der Waals surface area contributed by atoms with Gasteiger partial charge in [-0.05, 0) is 44.5 Å². The van der Waals surface area contributed by atoms with E-state index in [4.69, 9.17) is 4.74 Å². The first-order valence-electron chi connectivity index (χ1n) is 7.24. The van der Waals surface area contributed by atoms with E-state index >= 15 is 0 Å². The molecule has 106 valence electrons. The van der Waals surface area contributed by atoms with E-state index in [1.54, 1.807) is 7.11 Å². The van der Waals surface area contributed by atoms with Crippen LogP contribution < -0.4 is 4.74 Å². The van der Waals surface area contributed by atoms with Gasteiger partial charge in [-0.2, -0.15) is 0 Å². The van der Waals surface area contributed by atoms with Crippen LogP contribution in [0.25, 0.3) is 0 Å². The Hall–Kier alpha value is -1.06. The molecule has 1 saturated heterocycles. The maximum atomic E-state index is 5.19. The molecule has 1 aromatic rings. The average molecular weight is 262 g/mol. The lowest BCUT2D eigenvalue weighted by Crippen LogP contribution is -2.48.